The van der Waals surface area contributed by atoms with Crippen molar-refractivity contribution in [3.63, 3.8) is 0 Å². The molecule has 1 aliphatic rings. The van der Waals surface area contributed by atoms with Crippen LogP contribution in [0.3, 0.4) is 0 Å². The van der Waals surface area contributed by atoms with Gasteiger partial charge in [-0.25, -0.2) is 4.98 Å². The molecule has 0 amide bonds. The molecule has 0 radical (unpaired) electrons. The molecule has 0 saturated carbocycles. The second-order valence-electron chi connectivity index (χ2n) is 6.94. The summed E-state index contributed by atoms with van der Waals surface area (Å²) >= 11 is 0. The molecule has 4 heterocycles. The van der Waals surface area contributed by atoms with E-state index in [4.69, 9.17) is 4.98 Å². The summed E-state index contributed by atoms with van der Waals surface area (Å²) in [5, 5.41) is 13.2. The monoisotopic (exact) mass is 352 g/mol. The summed E-state index contributed by atoms with van der Waals surface area (Å²) < 4.78 is 3.98. The smallest absolute Gasteiger partial charge is 0.154 e. The zero-order valence-electron chi connectivity index (χ0n) is 15.5. The first-order chi connectivity index (χ1) is 12.6. The highest BCUT2D eigenvalue weighted by molar-refractivity contribution is 5.44. The van der Waals surface area contributed by atoms with E-state index in [0.29, 0.717) is 12.5 Å². The zero-order valence-corrected chi connectivity index (χ0v) is 15.5. The molecule has 4 rings (SSSR count). The maximum atomic E-state index is 4.71. The van der Waals surface area contributed by atoms with Gasteiger partial charge in [-0.05, 0) is 32.8 Å². The van der Waals surface area contributed by atoms with Crippen LogP contribution in [0.5, 0.6) is 0 Å². The SMILES string of the molecule is Cc1cnc(C)c(N2CCC[C@H](c3nnc(Cn4cccn4)n3C)C2)n1. The van der Waals surface area contributed by atoms with E-state index in [1.54, 1.807) is 6.20 Å². The maximum absolute atomic E-state index is 4.71. The Balaban J connectivity index is 1.55. The third-order valence-corrected chi connectivity index (χ3v) is 5.00. The van der Waals surface area contributed by atoms with Crippen molar-refractivity contribution in [3.05, 3.63) is 47.7 Å². The predicted molar refractivity (Wildman–Crippen MR) is 98.0 cm³/mol. The van der Waals surface area contributed by atoms with Gasteiger partial charge in [0.15, 0.2) is 5.82 Å². The van der Waals surface area contributed by atoms with Gasteiger partial charge in [-0.2, -0.15) is 5.10 Å². The minimum atomic E-state index is 0.342. The standard InChI is InChI=1S/C18H24N8/c1-13-10-19-14(2)17(21-13)25-8-4-6-15(11-25)18-23-22-16(24(18)3)12-26-9-5-7-20-26/h5,7,9-10,15H,4,6,8,11-12H2,1-3H3/t15-/m0/s1. The Kier molecular flexibility index (Phi) is 4.40. The lowest BCUT2D eigenvalue weighted by atomic mass is 9.97. The van der Waals surface area contributed by atoms with Gasteiger partial charge < -0.3 is 9.47 Å². The van der Waals surface area contributed by atoms with Crippen LogP contribution in [0, 0.1) is 13.8 Å². The van der Waals surface area contributed by atoms with Crippen molar-refractivity contribution in [2.75, 3.05) is 18.0 Å². The number of piperidine rings is 1. The number of rotatable bonds is 4. The number of anilines is 1. The Morgan fingerprint density at radius 1 is 1.23 bits per heavy atom. The van der Waals surface area contributed by atoms with Crippen molar-refractivity contribution in [1.29, 1.82) is 0 Å². The Labute approximate surface area is 152 Å². The molecule has 3 aromatic heterocycles. The van der Waals surface area contributed by atoms with E-state index >= 15 is 0 Å². The van der Waals surface area contributed by atoms with Gasteiger partial charge in [0.25, 0.3) is 0 Å². The van der Waals surface area contributed by atoms with Crippen LogP contribution in [0.15, 0.2) is 24.7 Å². The minimum absolute atomic E-state index is 0.342. The Hall–Kier alpha value is -2.77. The fourth-order valence-electron chi connectivity index (χ4n) is 3.61. The predicted octanol–water partition coefficient (Wildman–Crippen LogP) is 1.85. The molecule has 0 N–H and O–H groups in total. The molecule has 1 aliphatic heterocycles. The van der Waals surface area contributed by atoms with Gasteiger partial charge >= 0.3 is 0 Å². The fraction of sp³-hybridized carbons (Fsp3) is 0.500. The van der Waals surface area contributed by atoms with Crippen LogP contribution in [0.25, 0.3) is 0 Å². The molecule has 8 nitrogen and oxygen atoms in total. The van der Waals surface area contributed by atoms with Gasteiger partial charge in [-0.15, -0.1) is 10.2 Å². The van der Waals surface area contributed by atoms with Gasteiger partial charge in [-0.3, -0.25) is 9.67 Å². The van der Waals surface area contributed by atoms with Gasteiger partial charge in [0, 0.05) is 44.6 Å². The van der Waals surface area contributed by atoms with Crippen molar-refractivity contribution in [2.45, 2.75) is 39.2 Å². The van der Waals surface area contributed by atoms with E-state index in [-0.39, 0.29) is 0 Å². The largest absolute Gasteiger partial charge is 0.354 e. The van der Waals surface area contributed by atoms with Crippen molar-refractivity contribution in [3.8, 4) is 0 Å². The fourth-order valence-corrected chi connectivity index (χ4v) is 3.61. The summed E-state index contributed by atoms with van der Waals surface area (Å²) in [4.78, 5) is 11.5. The summed E-state index contributed by atoms with van der Waals surface area (Å²) in [6.45, 7) is 6.55. The van der Waals surface area contributed by atoms with Crippen LogP contribution in [0.1, 0.15) is 41.8 Å². The molecule has 8 heteroatoms. The summed E-state index contributed by atoms with van der Waals surface area (Å²) in [5.41, 5.74) is 1.93. The number of aromatic nitrogens is 7. The van der Waals surface area contributed by atoms with Crippen molar-refractivity contribution >= 4 is 5.82 Å². The van der Waals surface area contributed by atoms with E-state index < -0.39 is 0 Å². The van der Waals surface area contributed by atoms with E-state index in [1.165, 1.54) is 0 Å². The van der Waals surface area contributed by atoms with Crippen LogP contribution in [-0.4, -0.2) is 47.6 Å². The normalized spacial score (nSPS) is 17.7. The Morgan fingerprint density at radius 3 is 2.92 bits per heavy atom. The summed E-state index contributed by atoms with van der Waals surface area (Å²) in [7, 11) is 2.05. The summed E-state index contributed by atoms with van der Waals surface area (Å²) in [6, 6.07) is 1.92. The second kappa shape index (κ2) is 6.86. The van der Waals surface area contributed by atoms with Gasteiger partial charge in [0.2, 0.25) is 0 Å². The minimum Gasteiger partial charge on any atom is -0.354 e. The van der Waals surface area contributed by atoms with E-state index in [1.807, 2.05) is 44.0 Å². The van der Waals surface area contributed by atoms with Crippen LogP contribution >= 0.6 is 0 Å². The molecule has 26 heavy (non-hydrogen) atoms. The van der Waals surface area contributed by atoms with Crippen molar-refractivity contribution in [2.24, 2.45) is 7.05 Å². The van der Waals surface area contributed by atoms with Crippen LogP contribution in [0.4, 0.5) is 5.82 Å². The molecule has 136 valence electrons. The topological polar surface area (TPSA) is 77.5 Å². The molecule has 0 spiro atoms. The molecule has 1 atom stereocenters. The first-order valence-electron chi connectivity index (χ1n) is 9.02. The van der Waals surface area contributed by atoms with Gasteiger partial charge in [0.1, 0.15) is 18.2 Å². The summed E-state index contributed by atoms with van der Waals surface area (Å²) in [5.74, 6) is 3.30. The molecule has 3 aromatic rings. The van der Waals surface area contributed by atoms with Crippen molar-refractivity contribution in [1.82, 2.24) is 34.5 Å². The highest BCUT2D eigenvalue weighted by Crippen LogP contribution is 2.29. The number of hydrogen-bond donors (Lipinski definition) is 0. The Morgan fingerprint density at radius 2 is 2.12 bits per heavy atom. The molecule has 0 bridgehead atoms. The average molecular weight is 352 g/mol. The molecule has 1 saturated heterocycles. The highest BCUT2D eigenvalue weighted by atomic mass is 15.3. The molecular formula is C18H24N8. The van der Waals surface area contributed by atoms with Crippen LogP contribution < -0.4 is 4.90 Å². The van der Waals surface area contributed by atoms with E-state index in [9.17, 15) is 0 Å². The zero-order chi connectivity index (χ0) is 18.1. The van der Waals surface area contributed by atoms with Crippen LogP contribution in [0.2, 0.25) is 0 Å². The van der Waals surface area contributed by atoms with Crippen molar-refractivity contribution < 1.29 is 0 Å². The molecule has 1 fully saturated rings. The average Bonchev–Trinajstić information content (AvgIpc) is 3.28. The van der Waals surface area contributed by atoms with Gasteiger partial charge in [0.05, 0.1) is 11.4 Å². The third-order valence-electron chi connectivity index (χ3n) is 5.00. The Bertz CT molecular complexity index is 883. The second-order valence-corrected chi connectivity index (χ2v) is 6.94. The van der Waals surface area contributed by atoms with Crippen LogP contribution in [-0.2, 0) is 13.6 Å². The molecule has 0 aromatic carbocycles. The number of aryl methyl sites for hydroxylation is 2. The van der Waals surface area contributed by atoms with Gasteiger partial charge in [-0.1, -0.05) is 0 Å². The molecule has 0 aliphatic carbocycles. The van der Waals surface area contributed by atoms with E-state index in [2.05, 4.69) is 29.7 Å². The third kappa shape index (κ3) is 3.18. The maximum Gasteiger partial charge on any atom is 0.154 e. The lowest BCUT2D eigenvalue weighted by Gasteiger charge is -2.33. The lowest BCUT2D eigenvalue weighted by molar-refractivity contribution is 0.474. The molecule has 0 unspecified atom stereocenters. The lowest BCUT2D eigenvalue weighted by Crippen LogP contribution is -2.36. The number of hydrogen-bond acceptors (Lipinski definition) is 6. The quantitative estimate of drug-likeness (QED) is 0.713. The first-order valence-corrected chi connectivity index (χ1v) is 9.02. The highest BCUT2D eigenvalue weighted by Gasteiger charge is 2.27. The number of nitrogens with zero attached hydrogens (tertiary/aromatic N) is 8. The first kappa shape index (κ1) is 16.7. The summed E-state index contributed by atoms with van der Waals surface area (Å²) in [6.07, 6.45) is 7.77. The van der Waals surface area contributed by atoms with E-state index in [0.717, 1.165) is 54.8 Å². The molecular weight excluding hydrogens is 328 g/mol.